The molecule has 22 heavy (non-hydrogen) atoms. The Morgan fingerprint density at radius 2 is 0.909 bits per heavy atom. The average molecular weight is 313 g/mol. The van der Waals surface area contributed by atoms with Crippen LogP contribution in [-0.2, 0) is 0 Å². The van der Waals surface area contributed by atoms with Crippen molar-refractivity contribution >= 4 is 0 Å². The Morgan fingerprint density at radius 1 is 0.591 bits per heavy atom. The number of rotatable bonds is 6. The van der Waals surface area contributed by atoms with Crippen LogP contribution in [0.3, 0.4) is 0 Å². The maximum absolute atomic E-state index is 2.28. The van der Waals surface area contributed by atoms with E-state index in [4.69, 9.17) is 0 Å². The summed E-state index contributed by atoms with van der Waals surface area (Å²) in [5.41, 5.74) is 1.41. The maximum atomic E-state index is 2.28. The topological polar surface area (TPSA) is 0 Å². The Balaban J connectivity index is -0.000000247. The second-order valence-electron chi connectivity index (χ2n) is 8.88. The molecule has 0 rings (SSSR count). The molecule has 0 radical (unpaired) electrons. The zero-order chi connectivity index (χ0) is 18.3. The molecule has 0 atom stereocenters. The SMILES string of the molecule is CC(C)=CC(C)C.CC(C)CC(C)C.CC(C)CCC(C)C. The summed E-state index contributed by atoms with van der Waals surface area (Å²) in [6, 6.07) is 0. The molecule has 0 unspecified atom stereocenters. The van der Waals surface area contributed by atoms with Crippen molar-refractivity contribution in [2.45, 2.75) is 102 Å². The Kier molecular flexibility index (Phi) is 20.7. The molecule has 0 bridgehead atoms. The van der Waals surface area contributed by atoms with Crippen LogP contribution < -0.4 is 0 Å². The fraction of sp³-hybridized carbons (Fsp3) is 0.909. The highest BCUT2D eigenvalue weighted by Crippen LogP contribution is 2.10. The lowest BCUT2D eigenvalue weighted by molar-refractivity contribution is 0.469. The van der Waals surface area contributed by atoms with Gasteiger partial charge in [-0.15, -0.1) is 0 Å². The minimum absolute atomic E-state index is 0.713. The molecule has 0 aromatic rings. The predicted octanol–water partition coefficient (Wildman–Crippen LogP) is 8.38. The monoisotopic (exact) mass is 312 g/mol. The highest BCUT2D eigenvalue weighted by Gasteiger charge is 1.96. The molecule has 0 saturated heterocycles. The van der Waals surface area contributed by atoms with Gasteiger partial charge >= 0.3 is 0 Å². The lowest BCUT2D eigenvalue weighted by Gasteiger charge is -2.05. The quantitative estimate of drug-likeness (QED) is 0.432. The molecule has 0 N–H and O–H groups in total. The smallest absolute Gasteiger partial charge is 0.0288 e. The van der Waals surface area contributed by atoms with E-state index in [1.165, 1.54) is 24.8 Å². The van der Waals surface area contributed by atoms with E-state index in [0.717, 1.165) is 23.7 Å². The molecule has 0 aliphatic heterocycles. The third-order valence-corrected chi connectivity index (χ3v) is 2.93. The molecule has 0 spiro atoms. The summed E-state index contributed by atoms with van der Waals surface area (Å²) in [7, 11) is 0. The Morgan fingerprint density at radius 3 is 0.955 bits per heavy atom. The standard InChI is InChI=1S/C8H18.C7H16.C7H14/c1-7(2)5-6-8(3)4;2*1-6(2)5-7(3)4/h7-8H,5-6H2,1-4H3;6-7H,5H2,1-4H3;5-6H,1-4H3. The minimum Gasteiger partial charge on any atom is -0.0833 e. The zero-order valence-corrected chi connectivity index (χ0v) is 18.1. The van der Waals surface area contributed by atoms with Gasteiger partial charge in [-0.2, -0.15) is 0 Å². The number of allylic oxidation sites excluding steroid dienone is 2. The molecule has 0 aromatic carbocycles. The number of hydrogen-bond acceptors (Lipinski definition) is 0. The van der Waals surface area contributed by atoms with Gasteiger partial charge in [-0.05, 0) is 49.9 Å². The van der Waals surface area contributed by atoms with Crippen molar-refractivity contribution in [2.24, 2.45) is 29.6 Å². The van der Waals surface area contributed by atoms with Crippen LogP contribution in [0.2, 0.25) is 0 Å². The van der Waals surface area contributed by atoms with Gasteiger partial charge in [0.25, 0.3) is 0 Å². The molecular formula is C22H48. The normalized spacial score (nSPS) is 10.6. The Hall–Kier alpha value is -0.260. The molecule has 0 heterocycles. The van der Waals surface area contributed by atoms with E-state index >= 15 is 0 Å². The van der Waals surface area contributed by atoms with Crippen LogP contribution in [0, 0.1) is 29.6 Å². The first kappa shape index (κ1) is 26.6. The fourth-order valence-corrected chi connectivity index (χ4v) is 2.28. The van der Waals surface area contributed by atoms with Crippen molar-refractivity contribution in [1.29, 1.82) is 0 Å². The maximum Gasteiger partial charge on any atom is -0.0288 e. The number of hydrogen-bond donors (Lipinski definition) is 0. The van der Waals surface area contributed by atoms with Gasteiger partial charge in [0.1, 0.15) is 0 Å². The van der Waals surface area contributed by atoms with Gasteiger partial charge in [0.15, 0.2) is 0 Å². The van der Waals surface area contributed by atoms with E-state index in [1.807, 2.05) is 0 Å². The molecule has 0 fully saturated rings. The molecule has 0 aromatic heterocycles. The van der Waals surface area contributed by atoms with Gasteiger partial charge in [-0.3, -0.25) is 0 Å². The highest BCUT2D eigenvalue weighted by molar-refractivity contribution is 4.94. The van der Waals surface area contributed by atoms with Gasteiger partial charge in [-0.25, -0.2) is 0 Å². The van der Waals surface area contributed by atoms with Crippen molar-refractivity contribution in [3.8, 4) is 0 Å². The molecule has 0 aliphatic carbocycles. The average Bonchev–Trinajstić information content (AvgIpc) is 2.23. The first-order valence-electron chi connectivity index (χ1n) is 9.53. The van der Waals surface area contributed by atoms with Gasteiger partial charge in [-0.1, -0.05) is 93.7 Å². The van der Waals surface area contributed by atoms with Crippen LogP contribution in [0.1, 0.15) is 102 Å². The molecule has 0 heteroatoms. The van der Waals surface area contributed by atoms with Crippen molar-refractivity contribution in [3.63, 3.8) is 0 Å². The van der Waals surface area contributed by atoms with E-state index in [1.54, 1.807) is 0 Å². The molecule has 0 amide bonds. The minimum atomic E-state index is 0.713. The van der Waals surface area contributed by atoms with Crippen LogP contribution in [0.4, 0.5) is 0 Å². The van der Waals surface area contributed by atoms with Gasteiger partial charge in [0.05, 0.1) is 0 Å². The summed E-state index contributed by atoms with van der Waals surface area (Å²) >= 11 is 0. The second-order valence-corrected chi connectivity index (χ2v) is 8.88. The Bertz CT molecular complexity index is 210. The molecule has 0 saturated carbocycles. The predicted molar refractivity (Wildman–Crippen MR) is 107 cm³/mol. The largest absolute Gasteiger partial charge is 0.0833 e. The first-order chi connectivity index (χ1) is 9.88. The van der Waals surface area contributed by atoms with Gasteiger partial charge in [0.2, 0.25) is 0 Å². The summed E-state index contributed by atoms with van der Waals surface area (Å²) in [6.45, 7) is 26.8. The first-order valence-corrected chi connectivity index (χ1v) is 9.53. The third-order valence-electron chi connectivity index (χ3n) is 2.93. The third kappa shape index (κ3) is 42.7. The molecular weight excluding hydrogens is 264 g/mol. The summed E-state index contributed by atoms with van der Waals surface area (Å²) in [6.07, 6.45) is 6.38. The van der Waals surface area contributed by atoms with E-state index in [0.29, 0.717) is 5.92 Å². The van der Waals surface area contributed by atoms with E-state index < -0.39 is 0 Å². The highest BCUT2D eigenvalue weighted by atomic mass is 14.0. The van der Waals surface area contributed by atoms with E-state index in [2.05, 4.69) is 89.2 Å². The summed E-state index contributed by atoms with van der Waals surface area (Å²) in [5.74, 6) is 4.24. The van der Waals surface area contributed by atoms with E-state index in [9.17, 15) is 0 Å². The summed E-state index contributed by atoms with van der Waals surface area (Å²) in [5, 5.41) is 0. The summed E-state index contributed by atoms with van der Waals surface area (Å²) in [4.78, 5) is 0. The van der Waals surface area contributed by atoms with Gasteiger partial charge in [0, 0.05) is 0 Å². The Labute approximate surface area is 144 Å². The van der Waals surface area contributed by atoms with Gasteiger partial charge < -0.3 is 0 Å². The lowest BCUT2D eigenvalue weighted by atomic mass is 10.0. The van der Waals surface area contributed by atoms with Crippen LogP contribution in [0.15, 0.2) is 11.6 Å². The van der Waals surface area contributed by atoms with Crippen molar-refractivity contribution < 1.29 is 0 Å². The summed E-state index contributed by atoms with van der Waals surface area (Å²) < 4.78 is 0. The zero-order valence-electron chi connectivity index (χ0n) is 18.1. The van der Waals surface area contributed by atoms with Crippen LogP contribution in [0.25, 0.3) is 0 Å². The lowest BCUT2D eigenvalue weighted by Crippen LogP contribution is -1.93. The molecule has 0 nitrogen and oxygen atoms in total. The van der Waals surface area contributed by atoms with Crippen LogP contribution >= 0.6 is 0 Å². The second kappa shape index (κ2) is 17.1. The van der Waals surface area contributed by atoms with Crippen molar-refractivity contribution in [2.75, 3.05) is 0 Å². The molecule has 0 aliphatic rings. The van der Waals surface area contributed by atoms with Crippen molar-refractivity contribution in [3.05, 3.63) is 11.6 Å². The van der Waals surface area contributed by atoms with Crippen LogP contribution in [0.5, 0.6) is 0 Å². The van der Waals surface area contributed by atoms with E-state index in [-0.39, 0.29) is 0 Å². The van der Waals surface area contributed by atoms with Crippen LogP contribution in [-0.4, -0.2) is 0 Å². The fourth-order valence-electron chi connectivity index (χ4n) is 2.28. The van der Waals surface area contributed by atoms with Crippen molar-refractivity contribution in [1.82, 2.24) is 0 Å². The molecule has 136 valence electrons.